The van der Waals surface area contributed by atoms with Gasteiger partial charge < -0.3 is 5.32 Å². The lowest BCUT2D eigenvalue weighted by atomic mass is 9.75. The lowest BCUT2D eigenvalue weighted by Crippen LogP contribution is -2.30. The molecular formula is C15H22FN. The van der Waals surface area contributed by atoms with Gasteiger partial charge in [-0.1, -0.05) is 19.9 Å². The van der Waals surface area contributed by atoms with Crippen molar-refractivity contribution in [3.05, 3.63) is 29.6 Å². The first-order valence-electron chi connectivity index (χ1n) is 6.50. The van der Waals surface area contributed by atoms with Gasteiger partial charge in [0.15, 0.2) is 0 Å². The van der Waals surface area contributed by atoms with Crippen LogP contribution in [0.3, 0.4) is 0 Å². The second-order valence-electron chi connectivity index (χ2n) is 6.00. The molecule has 0 bridgehead atoms. The molecule has 0 aliphatic heterocycles. The van der Waals surface area contributed by atoms with Gasteiger partial charge in [0.25, 0.3) is 0 Å². The number of benzene rings is 1. The Morgan fingerprint density at radius 2 is 1.88 bits per heavy atom. The van der Waals surface area contributed by atoms with E-state index in [9.17, 15) is 4.39 Å². The van der Waals surface area contributed by atoms with E-state index in [1.165, 1.54) is 31.7 Å². The highest BCUT2D eigenvalue weighted by molar-refractivity contribution is 5.51. The van der Waals surface area contributed by atoms with Crippen molar-refractivity contribution in [2.45, 2.75) is 52.5 Å². The molecule has 2 heteroatoms. The molecular weight excluding hydrogens is 213 g/mol. The highest BCUT2D eigenvalue weighted by Gasteiger charge is 2.26. The first-order chi connectivity index (χ1) is 7.98. The van der Waals surface area contributed by atoms with Crippen LogP contribution in [0.25, 0.3) is 0 Å². The van der Waals surface area contributed by atoms with Gasteiger partial charge in [0.2, 0.25) is 0 Å². The Morgan fingerprint density at radius 1 is 1.24 bits per heavy atom. The molecule has 0 heterocycles. The Labute approximate surface area is 103 Å². The molecule has 1 aromatic carbocycles. The maximum atomic E-state index is 13.4. The van der Waals surface area contributed by atoms with Gasteiger partial charge >= 0.3 is 0 Å². The van der Waals surface area contributed by atoms with Crippen LogP contribution in [-0.2, 0) is 0 Å². The molecule has 1 aliphatic rings. The summed E-state index contributed by atoms with van der Waals surface area (Å²) in [5.74, 6) is -0.119. The Hall–Kier alpha value is -1.05. The van der Waals surface area contributed by atoms with E-state index < -0.39 is 0 Å². The second-order valence-corrected chi connectivity index (χ2v) is 6.00. The summed E-state index contributed by atoms with van der Waals surface area (Å²) >= 11 is 0. The third-order valence-corrected chi connectivity index (χ3v) is 3.97. The van der Waals surface area contributed by atoms with E-state index in [1.54, 1.807) is 6.07 Å². The lowest BCUT2D eigenvalue weighted by Gasteiger charge is -2.35. The third-order valence-electron chi connectivity index (χ3n) is 3.97. The average molecular weight is 235 g/mol. The lowest BCUT2D eigenvalue weighted by molar-refractivity contribution is 0.232. The zero-order valence-corrected chi connectivity index (χ0v) is 11.0. The predicted octanol–water partition coefficient (Wildman–Crippen LogP) is 4.51. The van der Waals surface area contributed by atoms with Crippen molar-refractivity contribution in [1.82, 2.24) is 0 Å². The van der Waals surface area contributed by atoms with Gasteiger partial charge in [-0.15, -0.1) is 0 Å². The topological polar surface area (TPSA) is 12.0 Å². The summed E-state index contributed by atoms with van der Waals surface area (Å²) in [5, 5.41) is 3.49. The molecule has 1 N–H and O–H groups in total. The predicted molar refractivity (Wildman–Crippen MR) is 70.8 cm³/mol. The van der Waals surface area contributed by atoms with E-state index in [2.05, 4.69) is 19.2 Å². The van der Waals surface area contributed by atoms with E-state index in [-0.39, 0.29) is 5.82 Å². The fourth-order valence-electron chi connectivity index (χ4n) is 2.53. The number of hydrogen-bond acceptors (Lipinski definition) is 1. The van der Waals surface area contributed by atoms with Crippen molar-refractivity contribution in [1.29, 1.82) is 0 Å². The summed E-state index contributed by atoms with van der Waals surface area (Å²) in [6.07, 6.45) is 4.87. The van der Waals surface area contributed by atoms with Crippen molar-refractivity contribution >= 4 is 5.69 Å². The van der Waals surface area contributed by atoms with E-state index in [1.807, 2.05) is 13.0 Å². The van der Waals surface area contributed by atoms with Gasteiger partial charge in [0, 0.05) is 17.3 Å². The molecule has 1 fully saturated rings. The standard InChI is InChI=1S/C15H22FN/c1-11-13(16)5-4-6-14(11)17-12-7-9-15(2,3)10-8-12/h4-6,12,17H,7-10H2,1-3H3. The van der Waals surface area contributed by atoms with Gasteiger partial charge in [0.1, 0.15) is 5.82 Å². The average Bonchev–Trinajstić information content (AvgIpc) is 2.27. The fraction of sp³-hybridized carbons (Fsp3) is 0.600. The number of anilines is 1. The van der Waals surface area contributed by atoms with Crippen LogP contribution in [0.2, 0.25) is 0 Å². The molecule has 1 nitrogen and oxygen atoms in total. The van der Waals surface area contributed by atoms with Crippen molar-refractivity contribution in [2.75, 3.05) is 5.32 Å². The van der Waals surface area contributed by atoms with Crippen molar-refractivity contribution in [2.24, 2.45) is 5.41 Å². The zero-order valence-electron chi connectivity index (χ0n) is 11.0. The molecule has 1 aliphatic carbocycles. The van der Waals surface area contributed by atoms with Crippen molar-refractivity contribution in [3.8, 4) is 0 Å². The minimum Gasteiger partial charge on any atom is -0.382 e. The van der Waals surface area contributed by atoms with Crippen LogP contribution in [0.5, 0.6) is 0 Å². The van der Waals surface area contributed by atoms with Gasteiger partial charge in [0.05, 0.1) is 0 Å². The summed E-state index contributed by atoms with van der Waals surface area (Å²) in [4.78, 5) is 0. The third kappa shape index (κ3) is 2.99. The molecule has 0 atom stereocenters. The number of rotatable bonds is 2. The van der Waals surface area contributed by atoms with Crippen LogP contribution in [0.4, 0.5) is 10.1 Å². The van der Waals surface area contributed by atoms with Crippen LogP contribution in [0.15, 0.2) is 18.2 Å². The SMILES string of the molecule is Cc1c(F)cccc1NC1CCC(C)(C)CC1. The molecule has 17 heavy (non-hydrogen) atoms. The molecule has 0 unspecified atom stereocenters. The smallest absolute Gasteiger partial charge is 0.128 e. The molecule has 0 spiro atoms. The molecule has 0 aromatic heterocycles. The highest BCUT2D eigenvalue weighted by atomic mass is 19.1. The molecule has 0 radical (unpaired) electrons. The van der Waals surface area contributed by atoms with Crippen molar-refractivity contribution in [3.63, 3.8) is 0 Å². The first kappa shape index (κ1) is 12.4. The van der Waals surface area contributed by atoms with Crippen LogP contribution < -0.4 is 5.32 Å². The van der Waals surface area contributed by atoms with E-state index in [4.69, 9.17) is 0 Å². The van der Waals surface area contributed by atoms with Gasteiger partial charge in [-0.3, -0.25) is 0 Å². The van der Waals surface area contributed by atoms with Crippen LogP contribution in [-0.4, -0.2) is 6.04 Å². The van der Waals surface area contributed by atoms with Gasteiger partial charge in [-0.25, -0.2) is 4.39 Å². The number of nitrogens with one attached hydrogen (secondary N) is 1. The normalized spacial score (nSPS) is 20.2. The summed E-state index contributed by atoms with van der Waals surface area (Å²) in [6.45, 7) is 6.50. The number of hydrogen-bond donors (Lipinski definition) is 1. The highest BCUT2D eigenvalue weighted by Crippen LogP contribution is 2.36. The Morgan fingerprint density at radius 3 is 2.53 bits per heavy atom. The van der Waals surface area contributed by atoms with Crippen molar-refractivity contribution < 1.29 is 4.39 Å². The quantitative estimate of drug-likeness (QED) is 0.795. The fourth-order valence-corrected chi connectivity index (χ4v) is 2.53. The van der Waals surface area contributed by atoms with Crippen LogP contribution >= 0.6 is 0 Å². The monoisotopic (exact) mass is 235 g/mol. The Bertz CT molecular complexity index is 388. The molecule has 0 amide bonds. The number of halogens is 1. The van der Waals surface area contributed by atoms with E-state index in [0.717, 1.165) is 11.3 Å². The Balaban J connectivity index is 2.00. The maximum absolute atomic E-state index is 13.4. The van der Waals surface area contributed by atoms with Gasteiger partial charge in [-0.2, -0.15) is 0 Å². The summed E-state index contributed by atoms with van der Waals surface area (Å²) in [5.41, 5.74) is 2.17. The summed E-state index contributed by atoms with van der Waals surface area (Å²) in [6, 6.07) is 5.77. The summed E-state index contributed by atoms with van der Waals surface area (Å²) in [7, 11) is 0. The molecule has 1 aromatic rings. The second kappa shape index (κ2) is 4.67. The maximum Gasteiger partial charge on any atom is 0.128 e. The molecule has 2 rings (SSSR count). The molecule has 94 valence electrons. The largest absolute Gasteiger partial charge is 0.382 e. The van der Waals surface area contributed by atoms with Crippen LogP contribution in [0.1, 0.15) is 45.1 Å². The molecule has 1 saturated carbocycles. The van der Waals surface area contributed by atoms with Gasteiger partial charge in [-0.05, 0) is 50.2 Å². The first-order valence-corrected chi connectivity index (χ1v) is 6.50. The zero-order chi connectivity index (χ0) is 12.5. The van der Waals surface area contributed by atoms with E-state index in [0.29, 0.717) is 11.5 Å². The minimum atomic E-state index is -0.119. The van der Waals surface area contributed by atoms with E-state index >= 15 is 0 Å². The van der Waals surface area contributed by atoms with Crippen LogP contribution in [0, 0.1) is 18.2 Å². The molecule has 0 saturated heterocycles. The minimum absolute atomic E-state index is 0.119. The summed E-state index contributed by atoms with van der Waals surface area (Å²) < 4.78 is 13.4. The Kier molecular flexibility index (Phi) is 3.41.